The van der Waals surface area contributed by atoms with Crippen molar-refractivity contribution in [1.82, 2.24) is 0 Å². The molecule has 0 atom stereocenters. The fourth-order valence-corrected chi connectivity index (χ4v) is 4.60. The van der Waals surface area contributed by atoms with Crippen LogP contribution in [0.15, 0.2) is 84.9 Å². The van der Waals surface area contributed by atoms with Crippen LogP contribution in [0.4, 0.5) is 11.4 Å². The Hall–Kier alpha value is -3.52. The van der Waals surface area contributed by atoms with E-state index in [1.54, 1.807) is 0 Å². The maximum Gasteiger partial charge on any atom is 0.0400 e. The first kappa shape index (κ1) is 21.7. The number of benzene rings is 4. The Bertz CT molecular complexity index is 1210. The number of aryl methyl sites for hydroxylation is 2. The van der Waals surface area contributed by atoms with Gasteiger partial charge in [0.25, 0.3) is 0 Å². The van der Waals surface area contributed by atoms with Gasteiger partial charge in [-0.25, -0.2) is 0 Å². The molecule has 162 valence electrons. The van der Waals surface area contributed by atoms with Gasteiger partial charge < -0.3 is 11.5 Å². The van der Waals surface area contributed by atoms with Gasteiger partial charge in [-0.05, 0) is 70.0 Å². The predicted octanol–water partition coefficient (Wildman–Crippen LogP) is 7.76. The molecular weight excluding hydrogens is 388 g/mol. The first-order valence-electron chi connectivity index (χ1n) is 11.6. The molecule has 0 unspecified atom stereocenters. The van der Waals surface area contributed by atoms with Crippen LogP contribution < -0.4 is 11.5 Å². The highest BCUT2D eigenvalue weighted by atomic mass is 14.6. The van der Waals surface area contributed by atoms with Crippen LogP contribution in [0.3, 0.4) is 0 Å². The second-order valence-corrected chi connectivity index (χ2v) is 8.39. The summed E-state index contributed by atoms with van der Waals surface area (Å²) in [6.07, 6.45) is 4.24. The van der Waals surface area contributed by atoms with E-state index in [0.29, 0.717) is 0 Å². The molecular formula is C30H32N2. The van der Waals surface area contributed by atoms with Crippen LogP contribution in [0.5, 0.6) is 0 Å². The highest BCUT2D eigenvalue weighted by Gasteiger charge is 2.20. The molecule has 0 amide bonds. The summed E-state index contributed by atoms with van der Waals surface area (Å²) < 4.78 is 0. The van der Waals surface area contributed by atoms with E-state index in [2.05, 4.69) is 86.6 Å². The van der Waals surface area contributed by atoms with Crippen molar-refractivity contribution < 1.29 is 0 Å². The van der Waals surface area contributed by atoms with Crippen molar-refractivity contribution in [3.8, 4) is 33.4 Å². The average molecular weight is 421 g/mol. The van der Waals surface area contributed by atoms with Crippen molar-refractivity contribution in [2.24, 2.45) is 0 Å². The molecule has 0 saturated carbocycles. The van der Waals surface area contributed by atoms with Crippen molar-refractivity contribution >= 4 is 11.4 Å². The number of hydrogen-bond acceptors (Lipinski definition) is 2. The van der Waals surface area contributed by atoms with Crippen molar-refractivity contribution in [1.29, 1.82) is 0 Å². The van der Waals surface area contributed by atoms with Crippen LogP contribution in [-0.2, 0) is 12.8 Å². The lowest BCUT2D eigenvalue weighted by Crippen LogP contribution is -2.01. The number of hydrogen-bond donors (Lipinski definition) is 2. The molecule has 0 aliphatic heterocycles. The molecule has 0 fully saturated rings. The topological polar surface area (TPSA) is 52.0 Å². The number of anilines is 2. The van der Waals surface area contributed by atoms with Crippen molar-refractivity contribution in [2.45, 2.75) is 39.5 Å². The van der Waals surface area contributed by atoms with Crippen LogP contribution in [-0.4, -0.2) is 0 Å². The van der Waals surface area contributed by atoms with Gasteiger partial charge >= 0.3 is 0 Å². The highest BCUT2D eigenvalue weighted by Crippen LogP contribution is 2.45. The molecule has 0 saturated heterocycles. The van der Waals surface area contributed by atoms with Gasteiger partial charge in [0.2, 0.25) is 0 Å². The molecule has 0 spiro atoms. The molecule has 0 radical (unpaired) electrons. The Morgan fingerprint density at radius 3 is 1.62 bits per heavy atom. The van der Waals surface area contributed by atoms with Crippen LogP contribution >= 0.6 is 0 Å². The van der Waals surface area contributed by atoms with Gasteiger partial charge in [-0.15, -0.1) is 0 Å². The zero-order valence-corrected chi connectivity index (χ0v) is 19.1. The maximum atomic E-state index is 6.73. The van der Waals surface area contributed by atoms with Gasteiger partial charge in [-0.1, -0.05) is 93.4 Å². The third-order valence-corrected chi connectivity index (χ3v) is 6.07. The van der Waals surface area contributed by atoms with E-state index in [-0.39, 0.29) is 0 Å². The van der Waals surface area contributed by atoms with Crippen LogP contribution in [0.25, 0.3) is 33.4 Å². The molecule has 0 aliphatic rings. The summed E-state index contributed by atoms with van der Waals surface area (Å²) in [6, 6.07) is 29.8. The molecule has 0 bridgehead atoms. The second kappa shape index (κ2) is 9.74. The Morgan fingerprint density at radius 1 is 0.531 bits per heavy atom. The van der Waals surface area contributed by atoms with E-state index < -0.39 is 0 Å². The van der Waals surface area contributed by atoms with Gasteiger partial charge in [0.15, 0.2) is 0 Å². The molecule has 0 aliphatic carbocycles. The summed E-state index contributed by atoms with van der Waals surface area (Å²) in [6.45, 7) is 4.46. The minimum Gasteiger partial charge on any atom is -0.399 e. The standard InChI is InChI=1S/C30H32N2/c1-3-9-21-11-5-7-13-25(21)29-27(23-15-17-24(31)18-16-23)19-20-28(32)30(29)26-14-8-6-12-22(26)10-4-2/h5-8,11-20H,3-4,9-10,31-32H2,1-2H3. The van der Waals surface area contributed by atoms with E-state index >= 15 is 0 Å². The quantitative estimate of drug-likeness (QED) is 0.300. The SMILES string of the molecule is CCCc1ccccc1-c1c(N)ccc(-c2ccc(N)cc2)c1-c1ccccc1CCC. The van der Waals surface area contributed by atoms with Gasteiger partial charge in [-0.2, -0.15) is 0 Å². The van der Waals surface area contributed by atoms with E-state index in [1.807, 2.05) is 12.1 Å². The summed E-state index contributed by atoms with van der Waals surface area (Å²) in [5.41, 5.74) is 24.2. The predicted molar refractivity (Wildman–Crippen MR) is 140 cm³/mol. The van der Waals surface area contributed by atoms with E-state index in [4.69, 9.17) is 11.5 Å². The molecule has 0 aromatic heterocycles. The summed E-state index contributed by atoms with van der Waals surface area (Å²) in [5, 5.41) is 0. The molecule has 4 rings (SSSR count). The van der Waals surface area contributed by atoms with Crippen LogP contribution in [0.1, 0.15) is 37.8 Å². The van der Waals surface area contributed by atoms with Gasteiger partial charge in [0, 0.05) is 16.9 Å². The maximum absolute atomic E-state index is 6.73. The Balaban J connectivity index is 2.09. The van der Waals surface area contributed by atoms with Crippen LogP contribution in [0, 0.1) is 0 Å². The zero-order chi connectivity index (χ0) is 22.5. The Kier molecular flexibility index (Phi) is 6.61. The molecule has 4 aromatic carbocycles. The lowest BCUT2D eigenvalue weighted by atomic mass is 9.82. The van der Waals surface area contributed by atoms with Crippen LogP contribution in [0.2, 0.25) is 0 Å². The average Bonchev–Trinajstić information content (AvgIpc) is 2.81. The van der Waals surface area contributed by atoms with Gasteiger partial charge in [0.05, 0.1) is 0 Å². The van der Waals surface area contributed by atoms with Gasteiger partial charge in [-0.3, -0.25) is 0 Å². The largest absolute Gasteiger partial charge is 0.399 e. The van der Waals surface area contributed by atoms with Crippen molar-refractivity contribution in [3.05, 3.63) is 96.1 Å². The minimum absolute atomic E-state index is 0.769. The summed E-state index contributed by atoms with van der Waals surface area (Å²) in [7, 11) is 0. The fraction of sp³-hybridized carbons (Fsp3) is 0.200. The van der Waals surface area contributed by atoms with Gasteiger partial charge in [0.1, 0.15) is 0 Å². The second-order valence-electron chi connectivity index (χ2n) is 8.39. The Morgan fingerprint density at radius 2 is 1.06 bits per heavy atom. The minimum atomic E-state index is 0.769. The third-order valence-electron chi connectivity index (χ3n) is 6.07. The third kappa shape index (κ3) is 4.27. The molecule has 32 heavy (non-hydrogen) atoms. The normalized spacial score (nSPS) is 10.9. The number of nitrogen functional groups attached to an aromatic ring is 2. The first-order chi connectivity index (χ1) is 15.6. The molecule has 0 heterocycles. The summed E-state index contributed by atoms with van der Waals surface area (Å²) in [5.74, 6) is 0. The highest BCUT2D eigenvalue weighted by molar-refractivity contribution is 6.01. The van der Waals surface area contributed by atoms with E-state index in [1.165, 1.54) is 33.4 Å². The lowest BCUT2D eigenvalue weighted by Gasteiger charge is -2.22. The molecule has 4 N–H and O–H groups in total. The smallest absolute Gasteiger partial charge is 0.0400 e. The molecule has 4 aromatic rings. The number of nitrogens with two attached hydrogens (primary N) is 2. The first-order valence-corrected chi connectivity index (χ1v) is 11.6. The fourth-order valence-electron chi connectivity index (χ4n) is 4.60. The summed E-state index contributed by atoms with van der Waals surface area (Å²) in [4.78, 5) is 0. The zero-order valence-electron chi connectivity index (χ0n) is 19.1. The molecule has 2 heteroatoms. The molecule has 2 nitrogen and oxygen atoms in total. The van der Waals surface area contributed by atoms with Crippen molar-refractivity contribution in [3.63, 3.8) is 0 Å². The van der Waals surface area contributed by atoms with E-state index in [0.717, 1.165) is 48.2 Å². The Labute approximate surface area is 191 Å². The number of rotatable bonds is 7. The van der Waals surface area contributed by atoms with E-state index in [9.17, 15) is 0 Å². The van der Waals surface area contributed by atoms with Crippen molar-refractivity contribution in [2.75, 3.05) is 11.5 Å². The lowest BCUT2D eigenvalue weighted by molar-refractivity contribution is 0.922. The monoisotopic (exact) mass is 420 g/mol. The summed E-state index contributed by atoms with van der Waals surface area (Å²) >= 11 is 0.